The standard InChI is InChI=1S/C16H20N4OS/c1-12-14(17-16(22)19-10-6-7-11-19)15(21)20(18(12)2)13-8-4-3-5-9-13/h3-5,8-9H,6-7,10-11H2,1-2H3,(H,17,22). The fourth-order valence-corrected chi connectivity index (χ4v) is 3.10. The van der Waals surface area contributed by atoms with Crippen molar-refractivity contribution in [3.63, 3.8) is 0 Å². The van der Waals surface area contributed by atoms with Crippen LogP contribution < -0.4 is 10.9 Å². The molecule has 1 fully saturated rings. The lowest BCUT2D eigenvalue weighted by atomic mass is 10.3. The zero-order valence-electron chi connectivity index (χ0n) is 12.9. The summed E-state index contributed by atoms with van der Waals surface area (Å²) in [5.41, 5.74) is 2.20. The van der Waals surface area contributed by atoms with E-state index in [2.05, 4.69) is 10.2 Å². The van der Waals surface area contributed by atoms with E-state index in [9.17, 15) is 4.79 Å². The maximum Gasteiger partial charge on any atom is 0.295 e. The van der Waals surface area contributed by atoms with Crippen molar-refractivity contribution in [2.75, 3.05) is 18.4 Å². The van der Waals surface area contributed by atoms with E-state index in [1.54, 1.807) is 4.68 Å². The molecule has 0 atom stereocenters. The number of benzene rings is 1. The van der Waals surface area contributed by atoms with Crippen LogP contribution in [-0.2, 0) is 7.05 Å². The molecule has 1 aliphatic heterocycles. The molecule has 2 heterocycles. The second-order valence-electron chi connectivity index (χ2n) is 5.56. The topological polar surface area (TPSA) is 42.2 Å². The molecule has 0 radical (unpaired) electrons. The van der Waals surface area contributed by atoms with Gasteiger partial charge in [0, 0.05) is 20.1 Å². The van der Waals surface area contributed by atoms with Crippen molar-refractivity contribution in [2.45, 2.75) is 19.8 Å². The highest BCUT2D eigenvalue weighted by Crippen LogP contribution is 2.16. The highest BCUT2D eigenvalue weighted by Gasteiger charge is 2.20. The van der Waals surface area contributed by atoms with Crippen LogP contribution in [0.5, 0.6) is 0 Å². The second-order valence-corrected chi connectivity index (χ2v) is 5.95. The Balaban J connectivity index is 1.96. The summed E-state index contributed by atoms with van der Waals surface area (Å²) in [5, 5.41) is 3.80. The number of nitrogens with one attached hydrogen (secondary N) is 1. The molecule has 22 heavy (non-hydrogen) atoms. The number of rotatable bonds is 2. The van der Waals surface area contributed by atoms with E-state index >= 15 is 0 Å². The number of thiocarbonyl (C=S) groups is 1. The van der Waals surface area contributed by atoms with Gasteiger partial charge in [-0.15, -0.1) is 0 Å². The normalized spacial score (nSPS) is 14.4. The largest absolute Gasteiger partial charge is 0.349 e. The van der Waals surface area contributed by atoms with Gasteiger partial charge in [-0.25, -0.2) is 4.68 Å². The molecule has 1 saturated heterocycles. The number of para-hydroxylation sites is 1. The van der Waals surface area contributed by atoms with Gasteiger partial charge in [-0.3, -0.25) is 9.48 Å². The summed E-state index contributed by atoms with van der Waals surface area (Å²) in [5.74, 6) is 0. The first-order valence-electron chi connectivity index (χ1n) is 7.49. The highest BCUT2D eigenvalue weighted by molar-refractivity contribution is 7.80. The van der Waals surface area contributed by atoms with Crippen LogP contribution in [0.25, 0.3) is 5.69 Å². The van der Waals surface area contributed by atoms with E-state index in [-0.39, 0.29) is 5.56 Å². The van der Waals surface area contributed by atoms with Crippen LogP contribution >= 0.6 is 12.2 Å². The lowest BCUT2D eigenvalue weighted by Gasteiger charge is -2.18. The van der Waals surface area contributed by atoms with Gasteiger partial charge in [0.25, 0.3) is 5.56 Å². The molecule has 116 valence electrons. The lowest BCUT2D eigenvalue weighted by molar-refractivity contribution is 0.528. The van der Waals surface area contributed by atoms with E-state index in [4.69, 9.17) is 12.2 Å². The molecule has 0 spiro atoms. The fraction of sp³-hybridized carbons (Fsp3) is 0.375. The Labute approximate surface area is 135 Å². The predicted molar refractivity (Wildman–Crippen MR) is 92.8 cm³/mol. The number of aromatic nitrogens is 2. The average molecular weight is 316 g/mol. The maximum absolute atomic E-state index is 12.8. The van der Waals surface area contributed by atoms with Crippen molar-refractivity contribution in [3.8, 4) is 5.69 Å². The molecule has 1 N–H and O–H groups in total. The van der Waals surface area contributed by atoms with Gasteiger partial charge < -0.3 is 10.2 Å². The average Bonchev–Trinajstić information content (AvgIpc) is 3.13. The fourth-order valence-electron chi connectivity index (χ4n) is 2.82. The Kier molecular flexibility index (Phi) is 4.02. The van der Waals surface area contributed by atoms with E-state index in [0.29, 0.717) is 10.8 Å². The smallest absolute Gasteiger partial charge is 0.295 e. The minimum Gasteiger partial charge on any atom is -0.349 e. The van der Waals surface area contributed by atoms with E-state index in [1.165, 1.54) is 0 Å². The molecular formula is C16H20N4OS. The van der Waals surface area contributed by atoms with E-state index < -0.39 is 0 Å². The molecular weight excluding hydrogens is 296 g/mol. The summed E-state index contributed by atoms with van der Waals surface area (Å²) in [6.07, 6.45) is 2.31. The predicted octanol–water partition coefficient (Wildman–Crippen LogP) is 2.28. The molecule has 1 aliphatic rings. The van der Waals surface area contributed by atoms with Gasteiger partial charge in [0.15, 0.2) is 5.11 Å². The van der Waals surface area contributed by atoms with Gasteiger partial charge in [-0.05, 0) is 44.1 Å². The quantitative estimate of drug-likeness (QED) is 0.863. The lowest BCUT2D eigenvalue weighted by Crippen LogP contribution is -2.33. The summed E-state index contributed by atoms with van der Waals surface area (Å²) >= 11 is 5.44. The number of likely N-dealkylation sites (tertiary alicyclic amines) is 1. The molecule has 0 unspecified atom stereocenters. The number of anilines is 1. The van der Waals surface area contributed by atoms with Crippen LogP contribution in [0.3, 0.4) is 0 Å². The summed E-state index contributed by atoms with van der Waals surface area (Å²) < 4.78 is 3.51. The molecule has 3 rings (SSSR count). The van der Waals surface area contributed by atoms with Crippen LogP contribution in [-0.4, -0.2) is 32.5 Å². The third kappa shape index (κ3) is 2.54. The molecule has 0 amide bonds. The number of nitrogens with zero attached hydrogens (tertiary/aromatic N) is 3. The summed E-state index contributed by atoms with van der Waals surface area (Å²) in [7, 11) is 1.88. The Morgan fingerprint density at radius 1 is 1.18 bits per heavy atom. The molecule has 0 saturated carbocycles. The Hall–Kier alpha value is -2.08. The second kappa shape index (κ2) is 5.96. The summed E-state index contributed by atoms with van der Waals surface area (Å²) in [6.45, 7) is 3.85. The molecule has 0 bridgehead atoms. The van der Waals surface area contributed by atoms with E-state index in [0.717, 1.165) is 37.3 Å². The summed E-state index contributed by atoms with van der Waals surface area (Å²) in [4.78, 5) is 14.9. The van der Waals surface area contributed by atoms with Crippen LogP contribution in [0.15, 0.2) is 35.1 Å². The molecule has 5 nitrogen and oxygen atoms in total. The van der Waals surface area contributed by atoms with Crippen LogP contribution in [0.1, 0.15) is 18.5 Å². The van der Waals surface area contributed by atoms with Crippen molar-refractivity contribution in [2.24, 2.45) is 7.05 Å². The third-order valence-electron chi connectivity index (χ3n) is 4.18. The maximum atomic E-state index is 12.8. The zero-order valence-corrected chi connectivity index (χ0v) is 13.7. The number of hydrogen-bond acceptors (Lipinski definition) is 2. The molecule has 1 aromatic heterocycles. The van der Waals surface area contributed by atoms with Gasteiger partial charge in [-0.2, -0.15) is 0 Å². The van der Waals surface area contributed by atoms with E-state index in [1.807, 2.05) is 49.0 Å². The molecule has 2 aromatic rings. The minimum atomic E-state index is -0.0762. The van der Waals surface area contributed by atoms with Crippen LogP contribution in [0, 0.1) is 6.92 Å². The van der Waals surface area contributed by atoms with Gasteiger partial charge >= 0.3 is 0 Å². The van der Waals surface area contributed by atoms with Gasteiger partial charge in [-0.1, -0.05) is 18.2 Å². The highest BCUT2D eigenvalue weighted by atomic mass is 32.1. The Bertz CT molecular complexity index is 741. The van der Waals surface area contributed by atoms with Crippen LogP contribution in [0.2, 0.25) is 0 Å². The first-order valence-corrected chi connectivity index (χ1v) is 7.90. The van der Waals surface area contributed by atoms with Gasteiger partial charge in [0.1, 0.15) is 5.69 Å². The third-order valence-corrected chi connectivity index (χ3v) is 4.54. The Morgan fingerprint density at radius 3 is 2.45 bits per heavy atom. The monoisotopic (exact) mass is 316 g/mol. The Morgan fingerprint density at radius 2 is 1.82 bits per heavy atom. The molecule has 0 aliphatic carbocycles. The van der Waals surface area contributed by atoms with Crippen molar-refractivity contribution >= 4 is 23.0 Å². The minimum absolute atomic E-state index is 0.0762. The SMILES string of the molecule is Cc1c(NC(=S)N2CCCC2)c(=O)n(-c2ccccc2)n1C. The molecule has 1 aromatic carbocycles. The van der Waals surface area contributed by atoms with Crippen molar-refractivity contribution in [3.05, 3.63) is 46.4 Å². The first-order chi connectivity index (χ1) is 10.6. The van der Waals surface area contributed by atoms with Gasteiger partial charge in [0.05, 0.1) is 11.4 Å². The zero-order chi connectivity index (χ0) is 15.7. The van der Waals surface area contributed by atoms with Crippen molar-refractivity contribution in [1.82, 2.24) is 14.3 Å². The summed E-state index contributed by atoms with van der Waals surface area (Å²) in [6, 6.07) is 9.62. The number of hydrogen-bond donors (Lipinski definition) is 1. The molecule has 6 heteroatoms. The van der Waals surface area contributed by atoms with Gasteiger partial charge in [0.2, 0.25) is 0 Å². The van der Waals surface area contributed by atoms with Crippen LogP contribution in [0.4, 0.5) is 5.69 Å². The van der Waals surface area contributed by atoms with Crippen molar-refractivity contribution < 1.29 is 0 Å². The van der Waals surface area contributed by atoms with Crippen molar-refractivity contribution in [1.29, 1.82) is 0 Å². The first kappa shape index (κ1) is 14.8.